The Labute approximate surface area is 163 Å². The standard InChI is InChI=1S/C17H15N5OS3/c1-24-17-21-20-16(26-17)22-11-3-2-4-12(23)14(11)13(9-5-6-25-8-9)10(7-18)15(22)19/h5-6,8,13H,2-4,19H2,1H3. The van der Waals surface area contributed by atoms with E-state index in [2.05, 4.69) is 16.3 Å². The van der Waals surface area contributed by atoms with Crippen molar-refractivity contribution >= 4 is 45.4 Å². The highest BCUT2D eigenvalue weighted by molar-refractivity contribution is 8.00. The number of carbonyl (C=O) groups excluding carboxylic acids is 1. The molecule has 4 rings (SSSR count). The van der Waals surface area contributed by atoms with Crippen LogP contribution < -0.4 is 10.6 Å². The lowest BCUT2D eigenvalue weighted by Gasteiger charge is -2.37. The quantitative estimate of drug-likeness (QED) is 0.785. The Morgan fingerprint density at radius 1 is 1.42 bits per heavy atom. The molecule has 0 amide bonds. The summed E-state index contributed by atoms with van der Waals surface area (Å²) >= 11 is 4.46. The topological polar surface area (TPSA) is 95.9 Å². The number of nitriles is 1. The minimum atomic E-state index is -0.391. The summed E-state index contributed by atoms with van der Waals surface area (Å²) in [7, 11) is 0. The van der Waals surface area contributed by atoms with E-state index in [4.69, 9.17) is 5.73 Å². The first-order valence-corrected chi connectivity index (χ1v) is 11.0. The van der Waals surface area contributed by atoms with Crippen LogP contribution in [-0.2, 0) is 4.79 Å². The number of allylic oxidation sites excluding steroid dienone is 3. The Kier molecular flexibility index (Phi) is 4.56. The molecule has 0 bridgehead atoms. The maximum atomic E-state index is 12.8. The van der Waals surface area contributed by atoms with Crippen LogP contribution in [0.5, 0.6) is 0 Å². The smallest absolute Gasteiger partial charge is 0.219 e. The van der Waals surface area contributed by atoms with E-state index in [0.29, 0.717) is 28.5 Å². The third-order valence-electron chi connectivity index (χ3n) is 4.55. The summed E-state index contributed by atoms with van der Waals surface area (Å²) in [6, 6.07) is 4.21. The monoisotopic (exact) mass is 401 g/mol. The second-order valence-corrected chi connectivity index (χ2v) is 8.72. The molecule has 2 aliphatic rings. The van der Waals surface area contributed by atoms with Crippen LogP contribution in [0.1, 0.15) is 30.7 Å². The lowest BCUT2D eigenvalue weighted by molar-refractivity contribution is -0.116. The van der Waals surface area contributed by atoms with Gasteiger partial charge in [-0.3, -0.25) is 9.69 Å². The molecule has 26 heavy (non-hydrogen) atoms. The molecule has 1 aliphatic heterocycles. The van der Waals surface area contributed by atoms with Gasteiger partial charge >= 0.3 is 0 Å². The number of carbonyl (C=O) groups is 1. The van der Waals surface area contributed by atoms with E-state index < -0.39 is 5.92 Å². The summed E-state index contributed by atoms with van der Waals surface area (Å²) in [5, 5.41) is 22.8. The maximum absolute atomic E-state index is 12.8. The molecule has 0 saturated carbocycles. The zero-order valence-electron chi connectivity index (χ0n) is 13.9. The molecule has 0 spiro atoms. The van der Waals surface area contributed by atoms with Crippen molar-refractivity contribution in [2.45, 2.75) is 29.5 Å². The third-order valence-corrected chi connectivity index (χ3v) is 7.14. The fourth-order valence-electron chi connectivity index (χ4n) is 3.45. The number of thioether (sulfide) groups is 1. The normalized spacial score (nSPS) is 20.4. The summed E-state index contributed by atoms with van der Waals surface area (Å²) in [6.07, 6.45) is 3.93. The van der Waals surface area contributed by atoms with Gasteiger partial charge in [0.1, 0.15) is 5.82 Å². The first-order valence-electron chi connectivity index (χ1n) is 8.01. The molecule has 0 aromatic carbocycles. The van der Waals surface area contributed by atoms with Gasteiger partial charge < -0.3 is 5.73 Å². The lowest BCUT2D eigenvalue weighted by atomic mass is 9.76. The first kappa shape index (κ1) is 17.3. The predicted octanol–water partition coefficient (Wildman–Crippen LogP) is 3.63. The van der Waals surface area contributed by atoms with Gasteiger partial charge in [0.15, 0.2) is 10.1 Å². The number of rotatable bonds is 3. The van der Waals surface area contributed by atoms with Crippen molar-refractivity contribution in [2.75, 3.05) is 11.2 Å². The zero-order chi connectivity index (χ0) is 18.3. The SMILES string of the molecule is CSc1nnc(N2C(N)=C(C#N)C(c3ccsc3)C3=C2CCCC3=O)s1. The van der Waals surface area contributed by atoms with Crippen LogP contribution in [0.25, 0.3) is 0 Å². The molecule has 0 fully saturated rings. The second kappa shape index (κ2) is 6.87. The van der Waals surface area contributed by atoms with E-state index in [9.17, 15) is 10.1 Å². The number of aromatic nitrogens is 2. The largest absolute Gasteiger partial charge is 0.384 e. The molecule has 2 N–H and O–H groups in total. The van der Waals surface area contributed by atoms with Gasteiger partial charge in [-0.25, -0.2) is 0 Å². The highest BCUT2D eigenvalue weighted by Gasteiger charge is 2.41. The van der Waals surface area contributed by atoms with Gasteiger partial charge in [-0.15, -0.1) is 10.2 Å². The van der Waals surface area contributed by atoms with Crippen molar-refractivity contribution < 1.29 is 4.79 Å². The van der Waals surface area contributed by atoms with Gasteiger partial charge in [0.25, 0.3) is 0 Å². The van der Waals surface area contributed by atoms with Gasteiger partial charge in [-0.05, 0) is 41.5 Å². The summed E-state index contributed by atoms with van der Waals surface area (Å²) in [6.45, 7) is 0. The molecule has 2 aromatic heterocycles. The van der Waals surface area contributed by atoms with Gasteiger partial charge in [0.2, 0.25) is 5.13 Å². The highest BCUT2D eigenvalue weighted by Crippen LogP contribution is 2.47. The Bertz CT molecular complexity index is 967. The molecule has 2 aromatic rings. The number of ketones is 1. The number of nitrogens with two attached hydrogens (primary N) is 1. The summed E-state index contributed by atoms with van der Waals surface area (Å²) in [5.74, 6) is 0.0431. The molecule has 1 atom stereocenters. The molecule has 132 valence electrons. The molecule has 0 saturated heterocycles. The maximum Gasteiger partial charge on any atom is 0.219 e. The van der Waals surface area contributed by atoms with Gasteiger partial charge in [-0.1, -0.05) is 23.1 Å². The van der Waals surface area contributed by atoms with E-state index in [1.807, 2.05) is 23.1 Å². The van der Waals surface area contributed by atoms with Crippen LogP contribution >= 0.6 is 34.4 Å². The van der Waals surface area contributed by atoms with Crippen molar-refractivity contribution in [3.05, 3.63) is 45.1 Å². The van der Waals surface area contributed by atoms with Crippen LogP contribution in [-0.4, -0.2) is 22.2 Å². The van der Waals surface area contributed by atoms with Crippen LogP contribution in [0.3, 0.4) is 0 Å². The van der Waals surface area contributed by atoms with Crippen LogP contribution in [0, 0.1) is 11.3 Å². The summed E-state index contributed by atoms with van der Waals surface area (Å²) in [4.78, 5) is 14.6. The van der Waals surface area contributed by atoms with E-state index in [1.54, 1.807) is 16.2 Å². The Morgan fingerprint density at radius 3 is 2.92 bits per heavy atom. The van der Waals surface area contributed by atoms with Crippen molar-refractivity contribution in [1.82, 2.24) is 10.2 Å². The lowest BCUT2D eigenvalue weighted by Crippen LogP contribution is -2.38. The number of anilines is 1. The fourth-order valence-corrected chi connectivity index (χ4v) is 5.44. The zero-order valence-corrected chi connectivity index (χ0v) is 16.4. The number of nitrogens with zero attached hydrogens (tertiary/aromatic N) is 4. The van der Waals surface area contributed by atoms with Gasteiger partial charge in [-0.2, -0.15) is 16.6 Å². The molecule has 1 unspecified atom stereocenters. The fraction of sp³-hybridized carbons (Fsp3) is 0.294. The average Bonchev–Trinajstić information content (AvgIpc) is 3.32. The average molecular weight is 402 g/mol. The molecular weight excluding hydrogens is 386 g/mol. The molecule has 6 nitrogen and oxygen atoms in total. The molecule has 9 heteroatoms. The molecule has 1 aliphatic carbocycles. The van der Waals surface area contributed by atoms with Gasteiger partial charge in [0.05, 0.1) is 17.6 Å². The first-order chi connectivity index (χ1) is 12.7. The molecule has 3 heterocycles. The Balaban J connectivity index is 1.94. The van der Waals surface area contributed by atoms with Crippen molar-refractivity contribution in [1.29, 1.82) is 5.26 Å². The van der Waals surface area contributed by atoms with Crippen LogP contribution in [0.15, 0.2) is 43.8 Å². The minimum absolute atomic E-state index is 0.0855. The van der Waals surface area contributed by atoms with Crippen molar-refractivity contribution in [3.8, 4) is 6.07 Å². The van der Waals surface area contributed by atoms with E-state index in [1.165, 1.54) is 23.1 Å². The summed E-state index contributed by atoms with van der Waals surface area (Å²) < 4.78 is 0.815. The molecule has 0 radical (unpaired) electrons. The number of hydrogen-bond acceptors (Lipinski definition) is 9. The Hall–Kier alpha value is -2.15. The van der Waals surface area contributed by atoms with Crippen LogP contribution in [0.4, 0.5) is 5.13 Å². The van der Waals surface area contributed by atoms with E-state index in [-0.39, 0.29) is 5.78 Å². The van der Waals surface area contributed by atoms with Crippen molar-refractivity contribution in [3.63, 3.8) is 0 Å². The number of hydrogen-bond donors (Lipinski definition) is 1. The van der Waals surface area contributed by atoms with E-state index >= 15 is 0 Å². The predicted molar refractivity (Wildman–Crippen MR) is 104 cm³/mol. The third kappa shape index (κ3) is 2.65. The van der Waals surface area contributed by atoms with Gasteiger partial charge in [0, 0.05) is 17.7 Å². The number of Topliss-reactive ketones (excluding diaryl/α,β-unsaturated/α-hetero) is 1. The number of thiophene rings is 1. The van der Waals surface area contributed by atoms with Crippen LogP contribution in [0.2, 0.25) is 0 Å². The van der Waals surface area contributed by atoms with Crippen molar-refractivity contribution in [2.24, 2.45) is 5.73 Å². The second-order valence-electron chi connectivity index (χ2n) is 5.93. The minimum Gasteiger partial charge on any atom is -0.384 e. The molecular formula is C17H15N5OS3. The van der Waals surface area contributed by atoms with E-state index in [0.717, 1.165) is 28.4 Å². The summed E-state index contributed by atoms with van der Waals surface area (Å²) in [5.41, 5.74) is 9.32. The Morgan fingerprint density at radius 2 is 2.27 bits per heavy atom. The highest BCUT2D eigenvalue weighted by atomic mass is 32.2.